The van der Waals surface area contributed by atoms with Crippen molar-refractivity contribution in [2.45, 2.75) is 65.2 Å². The van der Waals surface area contributed by atoms with Gasteiger partial charge in [0.25, 0.3) is 5.91 Å². The summed E-state index contributed by atoms with van der Waals surface area (Å²) < 4.78 is 26.3. The molecule has 9 heteroatoms. The average Bonchev–Trinajstić information content (AvgIpc) is 2.84. The first kappa shape index (κ1) is 27.5. The Morgan fingerprint density at radius 1 is 1.17 bits per heavy atom. The predicted octanol–water partition coefficient (Wildman–Crippen LogP) is 6.28. The van der Waals surface area contributed by atoms with Crippen molar-refractivity contribution in [3.05, 3.63) is 63.2 Å². The number of amides is 1. The van der Waals surface area contributed by atoms with Crippen LogP contribution in [0.1, 0.15) is 52.0 Å². The highest BCUT2D eigenvalue weighted by Crippen LogP contribution is 2.36. The number of aromatic nitrogens is 1. The topological polar surface area (TPSA) is 68.7 Å². The molecule has 0 fully saturated rings. The molecule has 0 N–H and O–H groups in total. The summed E-state index contributed by atoms with van der Waals surface area (Å²) in [4.78, 5) is 32.0. The maximum absolute atomic E-state index is 15.3. The Kier molecular flexibility index (Phi) is 9.36. The Balaban J connectivity index is 2.12. The molecular formula is C27H27Cl2FN2O4. The summed E-state index contributed by atoms with van der Waals surface area (Å²) in [5, 5.41) is 0.291. The zero-order chi connectivity index (χ0) is 26.4. The van der Waals surface area contributed by atoms with Crippen molar-refractivity contribution in [3.63, 3.8) is 0 Å². The summed E-state index contributed by atoms with van der Waals surface area (Å²) in [5.74, 6) is 0.759. The molecule has 1 aliphatic rings. The smallest absolute Gasteiger partial charge is 0.334 e. The predicted molar refractivity (Wildman–Crippen MR) is 137 cm³/mol. The summed E-state index contributed by atoms with van der Waals surface area (Å²) in [6.07, 6.45) is 8.16. The first-order chi connectivity index (χ1) is 17.1. The van der Waals surface area contributed by atoms with Crippen LogP contribution in [0.15, 0.2) is 41.6 Å². The van der Waals surface area contributed by atoms with Gasteiger partial charge in [0.1, 0.15) is 16.7 Å². The Morgan fingerprint density at radius 2 is 1.86 bits per heavy atom. The van der Waals surface area contributed by atoms with Crippen molar-refractivity contribution in [2.24, 2.45) is 0 Å². The van der Waals surface area contributed by atoms with E-state index in [4.69, 9.17) is 39.1 Å². The quantitative estimate of drug-likeness (QED) is 0.227. The molecule has 190 valence electrons. The molecule has 6 nitrogen and oxygen atoms in total. The number of nitrogens with zero attached hydrogens (tertiary/aromatic N) is 2. The third kappa shape index (κ3) is 6.77. The SMILES string of the molecule is C#CC(C)Oc1cc(N(Cc2ccc(Cl)nc2)C(=O)C2=C(C(=O)OC(C)C)CCCC2)c(F)cc1Cl. The van der Waals surface area contributed by atoms with Gasteiger partial charge in [0, 0.05) is 23.4 Å². The van der Waals surface area contributed by atoms with Gasteiger partial charge in [-0.05, 0) is 64.2 Å². The first-order valence-corrected chi connectivity index (χ1v) is 12.3. The lowest BCUT2D eigenvalue weighted by Crippen LogP contribution is -2.35. The van der Waals surface area contributed by atoms with E-state index in [1.165, 1.54) is 17.2 Å². The maximum Gasteiger partial charge on any atom is 0.334 e. The van der Waals surface area contributed by atoms with Gasteiger partial charge in [0.15, 0.2) is 6.10 Å². The zero-order valence-electron chi connectivity index (χ0n) is 20.3. The Morgan fingerprint density at radius 3 is 2.47 bits per heavy atom. The lowest BCUT2D eigenvalue weighted by atomic mass is 9.90. The van der Waals surface area contributed by atoms with Gasteiger partial charge in [-0.3, -0.25) is 4.79 Å². The molecule has 0 bridgehead atoms. The van der Waals surface area contributed by atoms with Crippen LogP contribution in [0.4, 0.5) is 10.1 Å². The van der Waals surface area contributed by atoms with E-state index >= 15 is 4.39 Å². The number of ether oxygens (including phenoxy) is 2. The number of halogens is 3. The standard InChI is InChI=1S/C27H27Cl2FN2O4/c1-5-17(4)36-24-13-23(22(30)12-21(24)28)32(15-18-10-11-25(29)31-14-18)26(33)19-8-6-7-9-20(19)27(34)35-16(2)3/h1,10-14,16-17H,6-9,15H2,2-4H3. The van der Waals surface area contributed by atoms with Crippen LogP contribution in [-0.4, -0.2) is 29.1 Å². The third-order valence-electron chi connectivity index (χ3n) is 5.52. The number of pyridine rings is 1. The van der Waals surface area contributed by atoms with Crippen LogP contribution in [0.5, 0.6) is 5.75 Å². The van der Waals surface area contributed by atoms with Crippen LogP contribution in [0, 0.1) is 18.2 Å². The molecule has 2 aromatic rings. The van der Waals surface area contributed by atoms with Gasteiger partial charge in [-0.1, -0.05) is 35.2 Å². The highest BCUT2D eigenvalue weighted by atomic mass is 35.5. The fourth-order valence-electron chi connectivity index (χ4n) is 3.80. The minimum absolute atomic E-state index is 0.0111. The summed E-state index contributed by atoms with van der Waals surface area (Å²) in [7, 11) is 0. The van der Waals surface area contributed by atoms with Gasteiger partial charge in [0.05, 0.1) is 23.4 Å². The molecule has 1 unspecified atom stereocenters. The molecule has 0 radical (unpaired) electrons. The fourth-order valence-corrected chi connectivity index (χ4v) is 4.11. The van der Waals surface area contributed by atoms with Crippen molar-refractivity contribution in [3.8, 4) is 18.1 Å². The van der Waals surface area contributed by atoms with E-state index in [0.717, 1.165) is 12.5 Å². The number of hydrogen-bond donors (Lipinski definition) is 0. The van der Waals surface area contributed by atoms with Crippen molar-refractivity contribution in [2.75, 3.05) is 4.90 Å². The molecular weight excluding hydrogens is 506 g/mol. The van der Waals surface area contributed by atoms with E-state index in [1.54, 1.807) is 32.9 Å². The van der Waals surface area contributed by atoms with E-state index in [0.29, 0.717) is 36.0 Å². The molecule has 1 aromatic carbocycles. The Bertz CT molecular complexity index is 1210. The molecule has 0 saturated carbocycles. The van der Waals surface area contributed by atoms with Crippen molar-refractivity contribution < 1.29 is 23.5 Å². The highest BCUT2D eigenvalue weighted by molar-refractivity contribution is 6.32. The third-order valence-corrected chi connectivity index (χ3v) is 6.04. The minimum atomic E-state index is -0.737. The van der Waals surface area contributed by atoms with Gasteiger partial charge in [-0.2, -0.15) is 0 Å². The van der Waals surface area contributed by atoms with Crippen LogP contribution in [0.2, 0.25) is 10.2 Å². The van der Waals surface area contributed by atoms with Crippen molar-refractivity contribution in [1.29, 1.82) is 0 Å². The summed E-state index contributed by atoms with van der Waals surface area (Å²) in [5.41, 5.74) is 1.13. The normalized spacial score (nSPS) is 14.3. The Labute approximate surface area is 220 Å². The number of carbonyl (C=O) groups is 2. The molecule has 1 aromatic heterocycles. The van der Waals surface area contributed by atoms with Crippen LogP contribution in [0.3, 0.4) is 0 Å². The molecule has 1 atom stereocenters. The molecule has 1 heterocycles. The molecule has 0 aliphatic heterocycles. The van der Waals surface area contributed by atoms with Crippen molar-refractivity contribution in [1.82, 2.24) is 4.98 Å². The van der Waals surface area contributed by atoms with E-state index in [2.05, 4.69) is 10.9 Å². The molecule has 0 spiro atoms. The largest absolute Gasteiger partial charge is 0.476 e. The van der Waals surface area contributed by atoms with Crippen LogP contribution >= 0.6 is 23.2 Å². The van der Waals surface area contributed by atoms with E-state index in [-0.39, 0.29) is 34.3 Å². The monoisotopic (exact) mass is 532 g/mol. The second-order valence-electron chi connectivity index (χ2n) is 8.66. The van der Waals surface area contributed by atoms with Gasteiger partial charge in [-0.25, -0.2) is 14.2 Å². The van der Waals surface area contributed by atoms with Crippen LogP contribution in [-0.2, 0) is 20.9 Å². The second kappa shape index (κ2) is 12.2. The number of terminal acetylenes is 1. The molecule has 1 aliphatic carbocycles. The first-order valence-electron chi connectivity index (χ1n) is 11.6. The number of esters is 1. The van der Waals surface area contributed by atoms with Gasteiger partial charge in [-0.15, -0.1) is 6.42 Å². The number of rotatable bonds is 8. The number of carbonyl (C=O) groups excluding carboxylic acids is 2. The number of benzene rings is 1. The van der Waals surface area contributed by atoms with E-state index < -0.39 is 23.8 Å². The van der Waals surface area contributed by atoms with Crippen molar-refractivity contribution >= 4 is 40.8 Å². The number of hydrogen-bond acceptors (Lipinski definition) is 5. The lowest BCUT2D eigenvalue weighted by Gasteiger charge is -2.28. The second-order valence-corrected chi connectivity index (χ2v) is 9.45. The van der Waals surface area contributed by atoms with Gasteiger partial charge < -0.3 is 14.4 Å². The highest BCUT2D eigenvalue weighted by Gasteiger charge is 2.31. The van der Waals surface area contributed by atoms with Gasteiger partial charge in [0.2, 0.25) is 0 Å². The number of anilines is 1. The molecule has 0 saturated heterocycles. The van der Waals surface area contributed by atoms with Crippen LogP contribution < -0.4 is 9.64 Å². The van der Waals surface area contributed by atoms with E-state index in [1.807, 2.05) is 0 Å². The van der Waals surface area contributed by atoms with Crippen LogP contribution in [0.25, 0.3) is 0 Å². The summed E-state index contributed by atoms with van der Waals surface area (Å²) in [6, 6.07) is 5.66. The van der Waals surface area contributed by atoms with Gasteiger partial charge >= 0.3 is 5.97 Å². The minimum Gasteiger partial charge on any atom is -0.476 e. The summed E-state index contributed by atoms with van der Waals surface area (Å²) in [6.45, 7) is 5.08. The fraction of sp³-hybridized carbons (Fsp3) is 0.370. The maximum atomic E-state index is 15.3. The lowest BCUT2D eigenvalue weighted by molar-refractivity contribution is -0.143. The summed E-state index contributed by atoms with van der Waals surface area (Å²) >= 11 is 12.1. The molecule has 1 amide bonds. The molecule has 3 rings (SSSR count). The Hall–Kier alpha value is -3.08. The average molecular weight is 533 g/mol. The molecule has 36 heavy (non-hydrogen) atoms. The zero-order valence-corrected chi connectivity index (χ0v) is 21.8. The van der Waals surface area contributed by atoms with E-state index in [9.17, 15) is 9.59 Å².